The highest BCUT2D eigenvalue weighted by Crippen LogP contribution is 2.47. The molecular formula is C30H44ClFN2O5. The van der Waals surface area contributed by atoms with Gasteiger partial charge in [0.1, 0.15) is 12.4 Å². The quantitative estimate of drug-likeness (QED) is 0.187. The summed E-state index contributed by atoms with van der Waals surface area (Å²) in [4.78, 5) is 8.09. The van der Waals surface area contributed by atoms with Gasteiger partial charge in [0, 0.05) is 36.7 Å². The van der Waals surface area contributed by atoms with Gasteiger partial charge >= 0.3 is 0 Å². The second-order valence-corrected chi connectivity index (χ2v) is 11.1. The molecule has 2 aliphatic rings. The number of oxime groups is 1. The van der Waals surface area contributed by atoms with Gasteiger partial charge < -0.3 is 24.2 Å². The first-order chi connectivity index (χ1) is 18.6. The molecule has 1 aliphatic heterocycles. The van der Waals surface area contributed by atoms with Gasteiger partial charge in [0.25, 0.3) is 0 Å². The largest absolute Gasteiger partial charge is 0.504 e. The van der Waals surface area contributed by atoms with Crippen molar-refractivity contribution in [3.05, 3.63) is 40.0 Å². The van der Waals surface area contributed by atoms with Gasteiger partial charge in [-0.3, -0.25) is 4.90 Å². The Morgan fingerprint density at radius 1 is 1.28 bits per heavy atom. The number of alkyl halides is 1. The van der Waals surface area contributed by atoms with E-state index in [2.05, 4.69) is 43.0 Å². The number of phenolic OH excluding ortho intramolecular Hbond substituents is 1. The third kappa shape index (κ3) is 7.47. The number of rotatable bonds is 11. The number of halogens is 2. The van der Waals surface area contributed by atoms with Crippen molar-refractivity contribution in [3.8, 4) is 17.2 Å². The summed E-state index contributed by atoms with van der Waals surface area (Å²) in [6.07, 6.45) is 8.61. The molecule has 0 unspecified atom stereocenters. The monoisotopic (exact) mass is 566 g/mol. The third-order valence-electron chi connectivity index (χ3n) is 8.49. The van der Waals surface area contributed by atoms with Crippen LogP contribution in [0.25, 0.3) is 0 Å². The van der Waals surface area contributed by atoms with Crippen LogP contribution in [0.15, 0.2) is 29.0 Å². The molecule has 0 amide bonds. The van der Waals surface area contributed by atoms with E-state index in [1.807, 2.05) is 13.0 Å². The van der Waals surface area contributed by atoms with Crippen molar-refractivity contribution < 1.29 is 28.5 Å². The van der Waals surface area contributed by atoms with E-state index in [0.29, 0.717) is 30.1 Å². The van der Waals surface area contributed by atoms with Crippen LogP contribution in [0.1, 0.15) is 51.7 Å². The molecular weight excluding hydrogens is 523 g/mol. The fourth-order valence-corrected chi connectivity index (χ4v) is 5.60. The van der Waals surface area contributed by atoms with Gasteiger partial charge in [-0.2, -0.15) is 0 Å². The number of nitrogens with zero attached hydrogens (tertiary/aromatic N) is 2. The van der Waals surface area contributed by atoms with E-state index in [9.17, 15) is 9.50 Å². The number of ether oxygens (including phenoxy) is 3. The van der Waals surface area contributed by atoms with Crippen molar-refractivity contribution in [1.29, 1.82) is 0 Å². The normalized spacial score (nSPS) is 25.8. The predicted octanol–water partition coefficient (Wildman–Crippen LogP) is 6.49. The molecule has 0 aromatic heterocycles. The first-order valence-corrected chi connectivity index (χ1v) is 14.1. The van der Waals surface area contributed by atoms with E-state index in [-0.39, 0.29) is 33.6 Å². The van der Waals surface area contributed by atoms with Crippen LogP contribution in [0.5, 0.6) is 17.2 Å². The summed E-state index contributed by atoms with van der Waals surface area (Å²) in [6.45, 7) is 14.3. The third-order valence-corrected chi connectivity index (χ3v) is 8.95. The zero-order valence-electron chi connectivity index (χ0n) is 24.2. The maximum absolute atomic E-state index is 13.1. The first-order valence-electron chi connectivity index (χ1n) is 13.7. The summed E-state index contributed by atoms with van der Waals surface area (Å²) in [5, 5.41) is 15.6. The molecule has 1 aliphatic carbocycles. The zero-order valence-corrected chi connectivity index (χ0v) is 24.9. The second kappa shape index (κ2) is 14.4. The van der Waals surface area contributed by atoms with E-state index >= 15 is 0 Å². The summed E-state index contributed by atoms with van der Waals surface area (Å²) in [6, 6.07) is 0. The molecule has 218 valence electrons. The molecule has 2 fully saturated rings. The topological polar surface area (TPSA) is 72.8 Å². The summed E-state index contributed by atoms with van der Waals surface area (Å²) >= 11 is 6.41. The number of allylic oxidation sites excluding steroid dienone is 4. The van der Waals surface area contributed by atoms with Gasteiger partial charge in [-0.05, 0) is 44.4 Å². The number of aromatic hydroxyl groups is 1. The van der Waals surface area contributed by atoms with Crippen molar-refractivity contribution in [2.24, 2.45) is 22.4 Å². The van der Waals surface area contributed by atoms with Gasteiger partial charge in [-0.15, -0.1) is 0 Å². The molecule has 9 heteroatoms. The highest BCUT2D eigenvalue weighted by Gasteiger charge is 2.41. The summed E-state index contributed by atoms with van der Waals surface area (Å²) in [7, 11) is 1.46. The van der Waals surface area contributed by atoms with Gasteiger partial charge in [0.05, 0.1) is 31.1 Å². The van der Waals surface area contributed by atoms with Crippen molar-refractivity contribution in [2.45, 2.75) is 53.9 Å². The maximum atomic E-state index is 13.1. The Balaban J connectivity index is 1.71. The van der Waals surface area contributed by atoms with Crippen LogP contribution >= 0.6 is 11.6 Å². The van der Waals surface area contributed by atoms with Crippen LogP contribution in [0.3, 0.4) is 0 Å². The number of hydrogen-bond acceptors (Lipinski definition) is 7. The van der Waals surface area contributed by atoms with Gasteiger partial charge in [-0.25, -0.2) is 4.39 Å². The fraction of sp³-hybridized carbons (Fsp3) is 0.633. The maximum Gasteiger partial charge on any atom is 0.228 e. The Morgan fingerprint density at radius 2 is 2.00 bits per heavy atom. The molecule has 1 saturated carbocycles. The lowest BCUT2D eigenvalue weighted by Crippen LogP contribution is -2.40. The Kier molecular flexibility index (Phi) is 11.5. The predicted molar refractivity (Wildman–Crippen MR) is 154 cm³/mol. The highest BCUT2D eigenvalue weighted by atomic mass is 35.5. The lowest BCUT2D eigenvalue weighted by molar-refractivity contribution is 0.0206. The molecule has 0 spiro atoms. The minimum Gasteiger partial charge on any atom is -0.504 e. The van der Waals surface area contributed by atoms with Crippen LogP contribution in [0.4, 0.5) is 4.39 Å². The Morgan fingerprint density at radius 3 is 2.67 bits per heavy atom. The number of phenols is 1. The fourth-order valence-electron chi connectivity index (χ4n) is 5.35. The lowest BCUT2D eigenvalue weighted by atomic mass is 9.61. The molecule has 1 N–H and O–H groups in total. The molecule has 1 aromatic carbocycles. The molecule has 3 atom stereocenters. The van der Waals surface area contributed by atoms with E-state index in [4.69, 9.17) is 30.6 Å². The standard InChI is InChI=1S/C30H44ClFN2O5/c1-20(7-9-24-27(35)28(36-6)22(3)26(31)29(24)38-19-32)11-12-30(5)21(2)8-10-25(23(30)4)33-39-18-15-34-13-16-37-17-14-34/h7,11-12,21,23,35H,8-10,13-19H2,1-6H3/b12-11+,20-7+,33-25+/t21-,23+,30+/m1/s1. The van der Waals surface area contributed by atoms with Gasteiger partial charge in [0.15, 0.2) is 11.5 Å². The lowest BCUT2D eigenvalue weighted by Gasteiger charge is -2.43. The Labute approximate surface area is 237 Å². The van der Waals surface area contributed by atoms with E-state index in [1.54, 1.807) is 6.92 Å². The van der Waals surface area contributed by atoms with Crippen molar-refractivity contribution in [1.82, 2.24) is 4.90 Å². The van der Waals surface area contributed by atoms with Crippen LogP contribution in [0, 0.1) is 24.2 Å². The Hall–Kier alpha value is -2.29. The molecule has 1 saturated heterocycles. The average Bonchev–Trinajstić information content (AvgIpc) is 2.93. The average molecular weight is 567 g/mol. The zero-order chi connectivity index (χ0) is 28.6. The number of morpholine rings is 1. The van der Waals surface area contributed by atoms with Crippen LogP contribution in [-0.4, -0.2) is 69.1 Å². The van der Waals surface area contributed by atoms with Crippen molar-refractivity contribution in [2.75, 3.05) is 53.4 Å². The number of methoxy groups -OCH3 is 1. The van der Waals surface area contributed by atoms with Crippen molar-refractivity contribution >= 4 is 17.3 Å². The van der Waals surface area contributed by atoms with E-state index < -0.39 is 6.86 Å². The molecule has 1 aromatic rings. The SMILES string of the molecule is COc1c(C)c(Cl)c(OCF)c(C/C=C(C)/C=C/[C@@]2(C)[C@H](C)CC/C(=N\OCCN3CCOCC3)[C@@H]2C)c1O. The van der Waals surface area contributed by atoms with Crippen molar-refractivity contribution in [3.63, 3.8) is 0 Å². The molecule has 3 rings (SSSR count). The molecule has 7 nitrogen and oxygen atoms in total. The van der Waals surface area contributed by atoms with Gasteiger partial charge in [0.2, 0.25) is 6.86 Å². The Bertz CT molecular complexity index is 1070. The van der Waals surface area contributed by atoms with Gasteiger partial charge in [-0.1, -0.05) is 61.3 Å². The number of hydrogen-bond donors (Lipinski definition) is 1. The van der Waals surface area contributed by atoms with E-state index in [0.717, 1.165) is 57.0 Å². The van der Waals surface area contributed by atoms with E-state index in [1.165, 1.54) is 7.11 Å². The first kappa shape index (κ1) is 31.2. The molecule has 0 bridgehead atoms. The molecule has 0 radical (unpaired) electrons. The summed E-state index contributed by atoms with van der Waals surface area (Å²) in [5.74, 6) is 1.00. The smallest absolute Gasteiger partial charge is 0.228 e. The minimum absolute atomic E-state index is 0.0909. The molecule has 1 heterocycles. The second-order valence-electron chi connectivity index (χ2n) is 10.8. The molecule has 39 heavy (non-hydrogen) atoms. The van der Waals surface area contributed by atoms with Crippen LogP contribution < -0.4 is 9.47 Å². The highest BCUT2D eigenvalue weighted by molar-refractivity contribution is 6.33. The minimum atomic E-state index is -1.05. The van der Waals surface area contributed by atoms with Crippen LogP contribution in [-0.2, 0) is 16.0 Å². The summed E-state index contributed by atoms with van der Waals surface area (Å²) < 4.78 is 29.0. The summed E-state index contributed by atoms with van der Waals surface area (Å²) in [5.41, 5.74) is 2.90. The van der Waals surface area contributed by atoms with Crippen LogP contribution in [0.2, 0.25) is 5.02 Å². The number of benzene rings is 1.